The summed E-state index contributed by atoms with van der Waals surface area (Å²) in [5.41, 5.74) is 4.67. The van der Waals surface area contributed by atoms with Gasteiger partial charge in [-0.3, -0.25) is 9.71 Å². The first-order valence-corrected chi connectivity index (χ1v) is 15.0. The Morgan fingerprint density at radius 1 is 0.930 bits per heavy atom. The molecule has 0 bridgehead atoms. The summed E-state index contributed by atoms with van der Waals surface area (Å²) in [5.74, 6) is 2.35. The van der Waals surface area contributed by atoms with Gasteiger partial charge in [0.2, 0.25) is 10.0 Å². The average Bonchev–Trinajstić information content (AvgIpc) is 3.60. The van der Waals surface area contributed by atoms with Crippen molar-refractivity contribution in [3.63, 3.8) is 0 Å². The van der Waals surface area contributed by atoms with E-state index in [2.05, 4.69) is 20.1 Å². The van der Waals surface area contributed by atoms with Crippen molar-refractivity contribution in [2.75, 3.05) is 37.6 Å². The fraction of sp³-hybridized carbons (Fsp3) is 0.172. The number of sulfonamides is 1. The molecule has 43 heavy (non-hydrogen) atoms. The Labute approximate surface area is 247 Å². The smallest absolute Gasteiger partial charge is 0.229 e. The van der Waals surface area contributed by atoms with E-state index in [4.69, 9.17) is 24.3 Å². The van der Waals surface area contributed by atoms with Crippen molar-refractivity contribution in [2.24, 2.45) is 0 Å². The number of pyridine rings is 1. The zero-order valence-electron chi connectivity index (χ0n) is 23.8. The predicted octanol–water partition coefficient (Wildman–Crippen LogP) is 4.14. The summed E-state index contributed by atoms with van der Waals surface area (Å²) in [4.78, 5) is 9.21. The highest BCUT2D eigenvalue weighted by molar-refractivity contribution is 7.92. The van der Waals surface area contributed by atoms with Crippen molar-refractivity contribution in [2.45, 2.75) is 6.54 Å². The molecule has 2 N–H and O–H groups in total. The summed E-state index contributed by atoms with van der Waals surface area (Å²) in [6, 6.07) is 14.3. The SMILES string of the molecule is COc1ccc(CNc2nn(-c3ccc(NS(C)(=O)=O)cc3OC)c3cc(-c4cnn5cccnc45)ncc23)c(OC)c1. The number of hydrogen-bond donors (Lipinski definition) is 2. The molecule has 4 heterocycles. The lowest BCUT2D eigenvalue weighted by Crippen LogP contribution is -2.10. The van der Waals surface area contributed by atoms with Crippen LogP contribution >= 0.6 is 0 Å². The molecule has 13 nitrogen and oxygen atoms in total. The lowest BCUT2D eigenvalue weighted by molar-refractivity contribution is 0.391. The number of aromatic nitrogens is 6. The second-order valence-electron chi connectivity index (χ2n) is 9.59. The standard InChI is InChI=1S/C29H28N8O5S/c1-40-20-8-6-18(26(13-20)41-2)15-32-28-22-16-31-23(21-17-33-36-11-5-10-30-29(21)36)14-25(22)37(34-28)24-9-7-19(12-27(24)42-3)35-43(4,38)39/h5-14,16-17,35H,15H2,1-4H3,(H,32,34). The molecule has 220 valence electrons. The number of fused-ring (bicyclic) bond motifs is 2. The quantitative estimate of drug-likeness (QED) is 0.235. The highest BCUT2D eigenvalue weighted by atomic mass is 32.2. The van der Waals surface area contributed by atoms with Crippen molar-refractivity contribution < 1.29 is 22.6 Å². The van der Waals surface area contributed by atoms with Crippen LogP contribution in [-0.2, 0) is 16.6 Å². The van der Waals surface area contributed by atoms with E-state index in [0.717, 1.165) is 28.3 Å². The zero-order valence-corrected chi connectivity index (χ0v) is 24.6. The van der Waals surface area contributed by atoms with Gasteiger partial charge in [0.25, 0.3) is 0 Å². The van der Waals surface area contributed by atoms with E-state index in [1.807, 2.05) is 30.5 Å². The van der Waals surface area contributed by atoms with Crippen LogP contribution in [0.1, 0.15) is 5.56 Å². The molecule has 0 fully saturated rings. The van der Waals surface area contributed by atoms with Gasteiger partial charge in [-0.05, 0) is 36.4 Å². The molecule has 0 aliphatic carbocycles. The molecule has 6 rings (SSSR count). The highest BCUT2D eigenvalue weighted by Gasteiger charge is 2.19. The highest BCUT2D eigenvalue weighted by Crippen LogP contribution is 2.35. The molecule has 0 unspecified atom stereocenters. The number of anilines is 2. The molecule has 0 spiro atoms. The third kappa shape index (κ3) is 5.47. The summed E-state index contributed by atoms with van der Waals surface area (Å²) in [5, 5.41) is 13.5. The summed E-state index contributed by atoms with van der Waals surface area (Å²) in [6.45, 7) is 0.410. The van der Waals surface area contributed by atoms with Crippen molar-refractivity contribution in [1.29, 1.82) is 0 Å². The monoisotopic (exact) mass is 600 g/mol. The number of hydrogen-bond acceptors (Lipinski definition) is 10. The van der Waals surface area contributed by atoms with Crippen LogP contribution in [0.3, 0.4) is 0 Å². The molecule has 0 radical (unpaired) electrons. The molecule has 4 aromatic heterocycles. The molecule has 6 aromatic rings. The Morgan fingerprint density at radius 3 is 2.53 bits per heavy atom. The summed E-state index contributed by atoms with van der Waals surface area (Å²) < 4.78 is 46.1. The molecule has 0 aliphatic heterocycles. The Bertz CT molecular complexity index is 2070. The molecule has 0 amide bonds. The Hall–Kier alpha value is -5.37. The van der Waals surface area contributed by atoms with Gasteiger partial charge in [-0.15, -0.1) is 5.10 Å². The number of ether oxygens (including phenoxy) is 3. The van der Waals surface area contributed by atoms with Crippen molar-refractivity contribution in [1.82, 2.24) is 29.4 Å². The zero-order chi connectivity index (χ0) is 30.1. The normalized spacial score (nSPS) is 11.5. The second-order valence-corrected chi connectivity index (χ2v) is 11.3. The third-order valence-electron chi connectivity index (χ3n) is 6.77. The molecule has 2 aromatic carbocycles. The number of nitrogens with one attached hydrogen (secondary N) is 2. The molecule has 0 saturated carbocycles. The van der Waals surface area contributed by atoms with Crippen LogP contribution in [0.25, 0.3) is 33.5 Å². The van der Waals surface area contributed by atoms with Crippen LogP contribution in [0.2, 0.25) is 0 Å². The lowest BCUT2D eigenvalue weighted by Gasteiger charge is -2.12. The van der Waals surface area contributed by atoms with E-state index in [9.17, 15) is 8.42 Å². The minimum Gasteiger partial charge on any atom is -0.497 e. The number of methoxy groups -OCH3 is 3. The maximum Gasteiger partial charge on any atom is 0.229 e. The topological polar surface area (TPSA) is 147 Å². The summed E-state index contributed by atoms with van der Waals surface area (Å²) in [7, 11) is 1.25. The Kier molecular flexibility index (Phi) is 7.19. The first-order chi connectivity index (χ1) is 20.8. The third-order valence-corrected chi connectivity index (χ3v) is 7.38. The largest absolute Gasteiger partial charge is 0.497 e. The van der Waals surface area contributed by atoms with Gasteiger partial charge in [-0.25, -0.2) is 22.6 Å². The molecular formula is C29H28N8O5S. The first kappa shape index (κ1) is 27.8. The van der Waals surface area contributed by atoms with E-state index in [-0.39, 0.29) is 0 Å². The second kappa shape index (κ2) is 11.1. The van der Waals surface area contributed by atoms with Gasteiger partial charge in [0.15, 0.2) is 11.5 Å². The fourth-order valence-electron chi connectivity index (χ4n) is 4.79. The maximum absolute atomic E-state index is 11.8. The minimum absolute atomic E-state index is 0.365. The number of nitrogens with zero attached hydrogens (tertiary/aromatic N) is 6. The van der Waals surface area contributed by atoms with Gasteiger partial charge in [-0.2, -0.15) is 5.10 Å². The summed E-state index contributed by atoms with van der Waals surface area (Å²) in [6.07, 6.45) is 8.09. The first-order valence-electron chi connectivity index (χ1n) is 13.1. The van der Waals surface area contributed by atoms with Crippen molar-refractivity contribution in [3.8, 4) is 34.2 Å². The van der Waals surface area contributed by atoms with Crippen molar-refractivity contribution in [3.05, 3.63) is 78.9 Å². The van der Waals surface area contributed by atoms with Crippen LogP contribution < -0.4 is 24.2 Å². The molecule has 0 saturated heterocycles. The van der Waals surface area contributed by atoms with Gasteiger partial charge >= 0.3 is 0 Å². The van der Waals surface area contributed by atoms with Crippen LogP contribution in [0.5, 0.6) is 17.2 Å². The van der Waals surface area contributed by atoms with Crippen LogP contribution in [0.15, 0.2) is 73.3 Å². The van der Waals surface area contributed by atoms with E-state index >= 15 is 0 Å². The van der Waals surface area contributed by atoms with E-state index in [0.29, 0.717) is 52.3 Å². The van der Waals surface area contributed by atoms with Gasteiger partial charge in [-0.1, -0.05) is 0 Å². The Morgan fingerprint density at radius 2 is 1.77 bits per heavy atom. The fourth-order valence-corrected chi connectivity index (χ4v) is 5.34. The number of benzene rings is 2. The van der Waals surface area contributed by atoms with Gasteiger partial charge < -0.3 is 19.5 Å². The van der Waals surface area contributed by atoms with Gasteiger partial charge in [0, 0.05) is 42.8 Å². The lowest BCUT2D eigenvalue weighted by atomic mass is 10.1. The van der Waals surface area contributed by atoms with E-state index in [1.165, 1.54) is 7.11 Å². The number of rotatable bonds is 10. The molecule has 14 heteroatoms. The van der Waals surface area contributed by atoms with Crippen LogP contribution in [0.4, 0.5) is 11.5 Å². The predicted molar refractivity (Wildman–Crippen MR) is 163 cm³/mol. The molecule has 0 aliphatic rings. The van der Waals surface area contributed by atoms with Crippen LogP contribution in [-0.4, -0.2) is 65.4 Å². The van der Waals surface area contributed by atoms with Crippen molar-refractivity contribution >= 4 is 38.1 Å². The minimum atomic E-state index is -3.48. The average molecular weight is 601 g/mol. The van der Waals surface area contributed by atoms with E-state index < -0.39 is 10.0 Å². The van der Waals surface area contributed by atoms with Gasteiger partial charge in [0.05, 0.1) is 61.6 Å². The molecule has 0 atom stereocenters. The van der Waals surface area contributed by atoms with Crippen LogP contribution in [0, 0.1) is 0 Å². The maximum atomic E-state index is 11.8. The summed E-state index contributed by atoms with van der Waals surface area (Å²) >= 11 is 0. The molecular weight excluding hydrogens is 572 g/mol. The van der Waals surface area contributed by atoms with Gasteiger partial charge in [0.1, 0.15) is 22.9 Å². The van der Waals surface area contributed by atoms with E-state index in [1.54, 1.807) is 66.3 Å². The Balaban J connectivity index is 1.47.